The standard InChI is InChI=1S/C52H28B4N2/c1-21-5-8-35-25(13-21)30-18-31-27-15-23(3)7-10-37(27)55-40-20-34-29-17-24(4)16-28-33-19-32-26-14-22(2)6-9-36(26)54-39-12-11-38-47-48(39)58-51(43(32)54)45(33)56(41(28)29)46(34)52(58)49(40)57(47)50(44(31)55)42(30)53(35)38/h5-20H,1-4H3. The van der Waals surface area contributed by atoms with Gasteiger partial charge in [0.05, 0.1) is 22.7 Å². The molecule has 10 aliphatic heterocycles. The summed E-state index contributed by atoms with van der Waals surface area (Å²) in [5.41, 5.74) is 46.8. The molecule has 258 valence electrons. The normalized spacial score (nSPS) is 16.1. The van der Waals surface area contributed by atoms with Gasteiger partial charge < -0.3 is 9.80 Å². The van der Waals surface area contributed by atoms with E-state index in [4.69, 9.17) is 0 Å². The van der Waals surface area contributed by atoms with Gasteiger partial charge in [-0.25, -0.2) is 0 Å². The van der Waals surface area contributed by atoms with Crippen LogP contribution in [0.5, 0.6) is 0 Å². The van der Waals surface area contributed by atoms with Crippen LogP contribution in [0.2, 0.25) is 0 Å². The summed E-state index contributed by atoms with van der Waals surface area (Å²) in [4.78, 5) is 5.75. The molecule has 0 bridgehead atoms. The predicted molar refractivity (Wildman–Crippen MR) is 248 cm³/mol. The Labute approximate surface area is 337 Å². The van der Waals surface area contributed by atoms with Crippen molar-refractivity contribution in [2.75, 3.05) is 9.80 Å². The molecule has 0 aromatic heterocycles. The lowest BCUT2D eigenvalue weighted by atomic mass is 9.30. The third-order valence-corrected chi connectivity index (χ3v) is 16.7. The van der Waals surface area contributed by atoms with Crippen molar-refractivity contribution in [1.29, 1.82) is 0 Å². The Morgan fingerprint density at radius 1 is 0.259 bits per heavy atom. The SMILES string of the molecule is Cc1ccc2c(c1)-c1cc3c4c5c1B2c1ccc2c6c1N5c1c(cc5c7c1N6c1c6c(cc8c1B7c1c-8cc(C)cc1-5)-c1cc(C)ccc1B26)B4c1ccc(C)cc1-3. The summed E-state index contributed by atoms with van der Waals surface area (Å²) in [5, 5.41) is 0. The van der Waals surface area contributed by atoms with Gasteiger partial charge in [-0.1, -0.05) is 123 Å². The largest absolute Gasteiger partial charge is 0.308 e. The number of anilines is 6. The Kier molecular flexibility index (Phi) is 3.95. The average molecular weight is 724 g/mol. The molecular formula is C52H28B4N2. The zero-order valence-corrected chi connectivity index (χ0v) is 32.4. The molecule has 10 heterocycles. The second kappa shape index (κ2) is 8.16. The number of fused-ring (bicyclic) bond motifs is 14. The fourth-order valence-corrected chi connectivity index (χ4v) is 14.9. The van der Waals surface area contributed by atoms with Gasteiger partial charge in [0.15, 0.2) is 0 Å². The van der Waals surface area contributed by atoms with Gasteiger partial charge in [-0.3, -0.25) is 0 Å². The Morgan fingerprint density at radius 2 is 0.603 bits per heavy atom. The molecule has 8 aromatic carbocycles. The zero-order valence-electron chi connectivity index (χ0n) is 32.4. The molecule has 6 heteroatoms. The molecule has 0 unspecified atom stereocenters. The smallest absolute Gasteiger partial charge is 0.249 e. The fourth-order valence-electron chi connectivity index (χ4n) is 14.9. The highest BCUT2D eigenvalue weighted by Gasteiger charge is 2.61. The van der Waals surface area contributed by atoms with Gasteiger partial charge in [-0.15, -0.1) is 0 Å². The topological polar surface area (TPSA) is 6.48 Å². The van der Waals surface area contributed by atoms with Crippen LogP contribution in [0.1, 0.15) is 22.3 Å². The fraction of sp³-hybridized carbons (Fsp3) is 0.0769. The summed E-state index contributed by atoms with van der Waals surface area (Å²) in [6.07, 6.45) is 0. The van der Waals surface area contributed by atoms with Crippen molar-refractivity contribution in [1.82, 2.24) is 0 Å². The van der Waals surface area contributed by atoms with Crippen molar-refractivity contribution >= 4 is 127 Å². The third kappa shape index (κ3) is 2.48. The number of hydrogen-bond donors (Lipinski definition) is 0. The van der Waals surface area contributed by atoms with Gasteiger partial charge in [0.25, 0.3) is 0 Å². The second-order valence-corrected chi connectivity index (χ2v) is 19.3. The van der Waals surface area contributed by atoms with Gasteiger partial charge in [0.1, 0.15) is 0 Å². The molecule has 58 heavy (non-hydrogen) atoms. The Bertz CT molecular complexity index is 3650. The Morgan fingerprint density at radius 3 is 1.12 bits per heavy atom. The van der Waals surface area contributed by atoms with Crippen molar-refractivity contribution in [3.8, 4) is 55.6 Å². The molecular weight excluding hydrogens is 696 g/mol. The highest BCUT2D eigenvalue weighted by atomic mass is 15.3. The van der Waals surface area contributed by atoms with Crippen molar-refractivity contribution < 1.29 is 0 Å². The van der Waals surface area contributed by atoms with E-state index >= 15 is 0 Å². The lowest BCUT2D eigenvalue weighted by Crippen LogP contribution is -2.68. The second-order valence-electron chi connectivity index (χ2n) is 19.3. The van der Waals surface area contributed by atoms with Crippen LogP contribution < -0.4 is 75.4 Å². The van der Waals surface area contributed by atoms with Crippen LogP contribution in [0.3, 0.4) is 0 Å². The van der Waals surface area contributed by atoms with Crippen LogP contribution in [-0.4, -0.2) is 26.9 Å². The molecule has 0 atom stereocenters. The first-order valence-electron chi connectivity index (χ1n) is 21.3. The molecule has 0 saturated carbocycles. The van der Waals surface area contributed by atoms with Crippen LogP contribution in [0.15, 0.2) is 97.1 Å². The van der Waals surface area contributed by atoms with E-state index in [9.17, 15) is 0 Å². The zero-order chi connectivity index (χ0) is 37.3. The van der Waals surface area contributed by atoms with Gasteiger partial charge in [-0.2, -0.15) is 0 Å². The molecule has 0 saturated heterocycles. The van der Waals surface area contributed by atoms with Crippen LogP contribution in [0, 0.1) is 27.7 Å². The Balaban J connectivity index is 1.11. The summed E-state index contributed by atoms with van der Waals surface area (Å²) in [5.74, 6) is 0. The van der Waals surface area contributed by atoms with E-state index in [-0.39, 0.29) is 26.9 Å². The third-order valence-electron chi connectivity index (χ3n) is 16.7. The molecule has 8 aromatic rings. The molecule has 0 amide bonds. The van der Waals surface area contributed by atoms with E-state index in [1.165, 1.54) is 156 Å². The first-order valence-corrected chi connectivity index (χ1v) is 21.3. The summed E-state index contributed by atoms with van der Waals surface area (Å²) in [6.45, 7) is 10.0. The van der Waals surface area contributed by atoms with Crippen molar-refractivity contribution in [2.24, 2.45) is 0 Å². The highest BCUT2D eigenvalue weighted by molar-refractivity contribution is 7.10. The molecule has 0 spiro atoms. The molecule has 0 N–H and O–H groups in total. The summed E-state index contributed by atoms with van der Waals surface area (Å²) in [7, 11) is 0. The number of benzene rings is 8. The molecule has 2 nitrogen and oxygen atoms in total. The van der Waals surface area contributed by atoms with Crippen LogP contribution in [0.25, 0.3) is 55.6 Å². The molecule has 0 aliphatic carbocycles. The maximum atomic E-state index is 2.88. The van der Waals surface area contributed by atoms with Crippen molar-refractivity contribution in [3.63, 3.8) is 0 Å². The molecule has 18 rings (SSSR count). The summed E-state index contributed by atoms with van der Waals surface area (Å²) < 4.78 is 0. The van der Waals surface area contributed by atoms with Gasteiger partial charge >= 0.3 is 0 Å². The monoisotopic (exact) mass is 724 g/mol. The molecule has 10 aliphatic rings. The van der Waals surface area contributed by atoms with Crippen LogP contribution in [-0.2, 0) is 0 Å². The number of hydrogen-bond acceptors (Lipinski definition) is 2. The minimum atomic E-state index is 0.189. The predicted octanol–water partition coefficient (Wildman–Crippen LogP) is 3.39. The highest BCUT2D eigenvalue weighted by Crippen LogP contribution is 2.60. The van der Waals surface area contributed by atoms with E-state index in [1.54, 1.807) is 21.9 Å². The van der Waals surface area contributed by atoms with Gasteiger partial charge in [-0.05, 0) is 145 Å². The molecule has 0 fully saturated rings. The minimum absolute atomic E-state index is 0.189. The van der Waals surface area contributed by atoms with Crippen LogP contribution >= 0.6 is 0 Å². The number of rotatable bonds is 0. The quantitative estimate of drug-likeness (QED) is 0.222. The first kappa shape index (κ1) is 28.1. The number of aryl methyl sites for hydroxylation is 4. The number of nitrogens with zero attached hydrogens (tertiary/aromatic N) is 2. The van der Waals surface area contributed by atoms with E-state index in [1.807, 2.05) is 0 Å². The molecule has 0 radical (unpaired) electrons. The Hall–Kier alpha value is -6.38. The van der Waals surface area contributed by atoms with E-state index in [2.05, 4.69) is 135 Å². The van der Waals surface area contributed by atoms with Crippen LogP contribution in [0.4, 0.5) is 34.1 Å². The van der Waals surface area contributed by atoms with Gasteiger partial charge in [0, 0.05) is 11.4 Å². The van der Waals surface area contributed by atoms with E-state index in [0.717, 1.165) is 0 Å². The van der Waals surface area contributed by atoms with E-state index < -0.39 is 0 Å². The lowest BCUT2D eigenvalue weighted by molar-refractivity contribution is 1.20. The maximum Gasteiger partial charge on any atom is 0.249 e. The van der Waals surface area contributed by atoms with Gasteiger partial charge in [0.2, 0.25) is 26.9 Å². The summed E-state index contributed by atoms with van der Waals surface area (Å²) >= 11 is 0. The average Bonchev–Trinajstić information content (AvgIpc) is 4.00. The lowest BCUT2D eigenvalue weighted by Gasteiger charge is -2.54. The van der Waals surface area contributed by atoms with Crippen molar-refractivity contribution in [2.45, 2.75) is 27.7 Å². The van der Waals surface area contributed by atoms with E-state index in [0.29, 0.717) is 0 Å². The maximum absolute atomic E-state index is 2.88. The first-order chi connectivity index (χ1) is 28.4. The van der Waals surface area contributed by atoms with Crippen molar-refractivity contribution in [3.05, 3.63) is 119 Å². The summed E-state index contributed by atoms with van der Waals surface area (Å²) in [6, 6.07) is 40.1. The minimum Gasteiger partial charge on any atom is -0.308 e.